The zero-order valence-electron chi connectivity index (χ0n) is 13.6. The standard InChI is InChI=1S/C19H14O6/c1-11(20)23-14-6-3-5-13(9-14)18-10-15(22)19-16(24-12(2)21)7-4-8-17(19)25-18/h3-10H,1-2H3. The molecular formula is C19H14O6. The summed E-state index contributed by atoms with van der Waals surface area (Å²) >= 11 is 0. The van der Waals surface area contributed by atoms with Gasteiger partial charge in [0.2, 0.25) is 0 Å². The van der Waals surface area contributed by atoms with Crippen LogP contribution in [0.3, 0.4) is 0 Å². The first-order chi connectivity index (χ1) is 11.9. The van der Waals surface area contributed by atoms with Crippen molar-refractivity contribution in [3.63, 3.8) is 0 Å². The van der Waals surface area contributed by atoms with Crippen LogP contribution in [-0.4, -0.2) is 11.9 Å². The van der Waals surface area contributed by atoms with Crippen molar-refractivity contribution in [1.29, 1.82) is 0 Å². The van der Waals surface area contributed by atoms with Crippen LogP contribution in [0.1, 0.15) is 13.8 Å². The maximum absolute atomic E-state index is 12.5. The van der Waals surface area contributed by atoms with Gasteiger partial charge in [0.15, 0.2) is 5.43 Å². The van der Waals surface area contributed by atoms with Crippen LogP contribution in [0, 0.1) is 0 Å². The summed E-state index contributed by atoms with van der Waals surface area (Å²) in [6, 6.07) is 12.7. The molecule has 0 fully saturated rings. The maximum atomic E-state index is 12.5. The van der Waals surface area contributed by atoms with Gasteiger partial charge in [-0.3, -0.25) is 14.4 Å². The molecule has 0 spiro atoms. The molecule has 1 heterocycles. The molecule has 6 heteroatoms. The van der Waals surface area contributed by atoms with Gasteiger partial charge < -0.3 is 13.9 Å². The summed E-state index contributed by atoms with van der Waals surface area (Å²) in [6.45, 7) is 2.56. The molecule has 0 bridgehead atoms. The third kappa shape index (κ3) is 3.58. The van der Waals surface area contributed by atoms with Crippen molar-refractivity contribution in [2.24, 2.45) is 0 Å². The predicted octanol–water partition coefficient (Wildman–Crippen LogP) is 3.31. The normalized spacial score (nSPS) is 10.5. The van der Waals surface area contributed by atoms with Crippen LogP contribution < -0.4 is 14.9 Å². The summed E-state index contributed by atoms with van der Waals surface area (Å²) in [4.78, 5) is 34.8. The number of fused-ring (bicyclic) bond motifs is 1. The van der Waals surface area contributed by atoms with Crippen LogP contribution in [0.4, 0.5) is 0 Å². The van der Waals surface area contributed by atoms with E-state index in [-0.39, 0.29) is 16.6 Å². The Balaban J connectivity index is 2.12. The van der Waals surface area contributed by atoms with Gasteiger partial charge in [0.05, 0.1) is 0 Å². The van der Waals surface area contributed by atoms with E-state index in [9.17, 15) is 14.4 Å². The fourth-order valence-corrected chi connectivity index (χ4v) is 2.44. The first kappa shape index (κ1) is 16.4. The van der Waals surface area contributed by atoms with E-state index in [1.165, 1.54) is 26.0 Å². The van der Waals surface area contributed by atoms with E-state index in [2.05, 4.69) is 0 Å². The summed E-state index contributed by atoms with van der Waals surface area (Å²) < 4.78 is 15.9. The highest BCUT2D eigenvalue weighted by atomic mass is 16.5. The molecular weight excluding hydrogens is 324 g/mol. The van der Waals surface area contributed by atoms with Gasteiger partial charge in [0, 0.05) is 25.5 Å². The van der Waals surface area contributed by atoms with E-state index in [1.807, 2.05) is 0 Å². The molecule has 3 aromatic rings. The Morgan fingerprint density at radius 1 is 0.920 bits per heavy atom. The van der Waals surface area contributed by atoms with Gasteiger partial charge in [-0.25, -0.2) is 0 Å². The topological polar surface area (TPSA) is 82.8 Å². The molecule has 0 atom stereocenters. The van der Waals surface area contributed by atoms with E-state index in [0.29, 0.717) is 22.7 Å². The second-order valence-corrected chi connectivity index (χ2v) is 5.32. The van der Waals surface area contributed by atoms with Crippen LogP contribution in [0.15, 0.2) is 57.7 Å². The summed E-state index contributed by atoms with van der Waals surface area (Å²) in [6.07, 6.45) is 0. The minimum absolute atomic E-state index is 0.152. The molecule has 0 saturated carbocycles. The molecule has 2 aromatic carbocycles. The first-order valence-corrected chi connectivity index (χ1v) is 7.48. The monoisotopic (exact) mass is 338 g/mol. The molecule has 0 radical (unpaired) electrons. The summed E-state index contributed by atoms with van der Waals surface area (Å²) in [5.41, 5.74) is 0.528. The first-order valence-electron chi connectivity index (χ1n) is 7.48. The average molecular weight is 338 g/mol. The van der Waals surface area contributed by atoms with E-state index < -0.39 is 11.9 Å². The lowest BCUT2D eigenvalue weighted by Gasteiger charge is -2.08. The zero-order chi connectivity index (χ0) is 18.0. The third-order valence-corrected chi connectivity index (χ3v) is 3.35. The smallest absolute Gasteiger partial charge is 0.308 e. The molecule has 126 valence electrons. The molecule has 6 nitrogen and oxygen atoms in total. The second-order valence-electron chi connectivity index (χ2n) is 5.32. The van der Waals surface area contributed by atoms with Gasteiger partial charge >= 0.3 is 11.9 Å². The van der Waals surface area contributed by atoms with Crippen LogP contribution in [0.2, 0.25) is 0 Å². The molecule has 0 aliphatic rings. The van der Waals surface area contributed by atoms with E-state index in [1.54, 1.807) is 36.4 Å². The molecule has 0 aliphatic carbocycles. The molecule has 0 unspecified atom stereocenters. The van der Waals surface area contributed by atoms with Crippen molar-refractivity contribution in [3.8, 4) is 22.8 Å². The highest BCUT2D eigenvalue weighted by Crippen LogP contribution is 2.29. The molecule has 0 amide bonds. The second kappa shape index (κ2) is 6.60. The van der Waals surface area contributed by atoms with Gasteiger partial charge in [-0.1, -0.05) is 18.2 Å². The minimum atomic E-state index is -0.523. The molecule has 3 rings (SSSR count). The van der Waals surface area contributed by atoms with Gasteiger partial charge in [0.25, 0.3) is 0 Å². The van der Waals surface area contributed by atoms with Gasteiger partial charge in [-0.2, -0.15) is 0 Å². The summed E-state index contributed by atoms with van der Waals surface area (Å²) in [5.74, 6) is -0.153. The molecule has 0 saturated heterocycles. The number of hydrogen-bond donors (Lipinski definition) is 0. The van der Waals surface area contributed by atoms with Gasteiger partial charge in [-0.05, 0) is 24.3 Å². The molecule has 1 aromatic heterocycles. The summed E-state index contributed by atoms with van der Waals surface area (Å²) in [5, 5.41) is 0.192. The van der Waals surface area contributed by atoms with Crippen molar-refractivity contribution >= 4 is 22.9 Å². The Morgan fingerprint density at radius 2 is 1.64 bits per heavy atom. The number of ether oxygens (including phenoxy) is 2. The lowest BCUT2D eigenvalue weighted by molar-refractivity contribution is -0.132. The largest absolute Gasteiger partial charge is 0.456 e. The fourth-order valence-electron chi connectivity index (χ4n) is 2.44. The Kier molecular flexibility index (Phi) is 4.35. The van der Waals surface area contributed by atoms with Crippen molar-refractivity contribution in [3.05, 3.63) is 58.8 Å². The molecule has 0 N–H and O–H groups in total. The Bertz CT molecular complexity index is 1030. The Labute approximate surface area is 142 Å². The number of hydrogen-bond acceptors (Lipinski definition) is 6. The maximum Gasteiger partial charge on any atom is 0.308 e. The fraction of sp³-hybridized carbons (Fsp3) is 0.105. The van der Waals surface area contributed by atoms with E-state index in [0.717, 1.165) is 0 Å². The van der Waals surface area contributed by atoms with Crippen molar-refractivity contribution in [1.82, 2.24) is 0 Å². The predicted molar refractivity (Wildman–Crippen MR) is 90.5 cm³/mol. The number of esters is 2. The zero-order valence-corrected chi connectivity index (χ0v) is 13.6. The molecule has 0 aliphatic heterocycles. The number of carbonyl (C=O) groups excluding carboxylic acids is 2. The van der Waals surface area contributed by atoms with Crippen molar-refractivity contribution in [2.45, 2.75) is 13.8 Å². The lowest BCUT2D eigenvalue weighted by Crippen LogP contribution is -2.07. The van der Waals surface area contributed by atoms with Crippen molar-refractivity contribution in [2.75, 3.05) is 0 Å². The number of rotatable bonds is 3. The van der Waals surface area contributed by atoms with Crippen LogP contribution in [0.25, 0.3) is 22.3 Å². The highest BCUT2D eigenvalue weighted by molar-refractivity contribution is 5.87. The van der Waals surface area contributed by atoms with E-state index in [4.69, 9.17) is 13.9 Å². The van der Waals surface area contributed by atoms with Crippen molar-refractivity contribution < 1.29 is 23.5 Å². The van der Waals surface area contributed by atoms with E-state index >= 15 is 0 Å². The number of benzene rings is 2. The minimum Gasteiger partial charge on any atom is -0.456 e. The Morgan fingerprint density at radius 3 is 2.36 bits per heavy atom. The quantitative estimate of drug-likeness (QED) is 0.538. The van der Waals surface area contributed by atoms with Gasteiger partial charge in [-0.15, -0.1) is 0 Å². The number of carbonyl (C=O) groups is 2. The van der Waals surface area contributed by atoms with Crippen LogP contribution >= 0.6 is 0 Å². The average Bonchev–Trinajstić information content (AvgIpc) is 2.53. The third-order valence-electron chi connectivity index (χ3n) is 3.35. The summed E-state index contributed by atoms with van der Waals surface area (Å²) in [7, 11) is 0. The Hall–Kier alpha value is -3.41. The lowest BCUT2D eigenvalue weighted by atomic mass is 10.1. The van der Waals surface area contributed by atoms with Crippen LogP contribution in [-0.2, 0) is 9.59 Å². The SMILES string of the molecule is CC(=O)Oc1cccc(-c2cc(=O)c3c(OC(C)=O)cccc3o2)c1. The molecule has 25 heavy (non-hydrogen) atoms. The van der Waals surface area contributed by atoms with Crippen LogP contribution in [0.5, 0.6) is 11.5 Å². The van der Waals surface area contributed by atoms with Gasteiger partial charge in [0.1, 0.15) is 28.2 Å². The highest BCUT2D eigenvalue weighted by Gasteiger charge is 2.13.